The van der Waals surface area contributed by atoms with E-state index in [1.807, 2.05) is 24.3 Å². The Balaban J connectivity index is 1.62. The highest BCUT2D eigenvalue weighted by Crippen LogP contribution is 2.38. The number of halogens is 4. The fourth-order valence-electron chi connectivity index (χ4n) is 3.33. The van der Waals surface area contributed by atoms with Crippen molar-refractivity contribution in [3.63, 3.8) is 0 Å². The van der Waals surface area contributed by atoms with Gasteiger partial charge in [-0.25, -0.2) is 0 Å². The Morgan fingerprint density at radius 3 is 2.43 bits per heavy atom. The molecular weight excluding hydrogens is 389 g/mol. The Morgan fingerprint density at radius 2 is 1.75 bits per heavy atom. The molecule has 1 aliphatic heterocycles. The van der Waals surface area contributed by atoms with Crippen LogP contribution in [0.1, 0.15) is 5.56 Å². The summed E-state index contributed by atoms with van der Waals surface area (Å²) >= 11 is 5.88. The van der Waals surface area contributed by atoms with E-state index in [0.717, 1.165) is 43.6 Å². The van der Waals surface area contributed by atoms with Crippen LogP contribution in [0.4, 0.5) is 30.2 Å². The minimum Gasteiger partial charge on any atom is -0.369 e. The number of benzene rings is 2. The Labute approximate surface area is 165 Å². The second kappa shape index (κ2) is 7.48. The predicted molar refractivity (Wildman–Crippen MR) is 107 cm³/mol. The molecule has 4 nitrogen and oxygen atoms in total. The van der Waals surface area contributed by atoms with E-state index in [1.54, 1.807) is 6.07 Å². The Kier molecular flexibility index (Phi) is 5.03. The van der Waals surface area contributed by atoms with Crippen LogP contribution in [-0.4, -0.2) is 31.2 Å². The molecule has 3 aromatic rings. The lowest BCUT2D eigenvalue weighted by atomic mass is 10.1. The smallest absolute Gasteiger partial charge is 0.369 e. The van der Waals surface area contributed by atoms with E-state index < -0.39 is 11.7 Å². The highest BCUT2D eigenvalue weighted by molar-refractivity contribution is 6.32. The van der Waals surface area contributed by atoms with Gasteiger partial charge < -0.3 is 15.5 Å². The quantitative estimate of drug-likeness (QED) is 0.637. The zero-order chi connectivity index (χ0) is 19.7. The number of rotatable bonds is 3. The monoisotopic (exact) mass is 406 g/mol. The summed E-state index contributed by atoms with van der Waals surface area (Å²) in [5, 5.41) is 6.77. The molecule has 0 aliphatic carbocycles. The first-order valence-corrected chi connectivity index (χ1v) is 9.28. The first-order chi connectivity index (χ1) is 13.4. The number of piperazine rings is 1. The maximum absolute atomic E-state index is 13.1. The van der Waals surface area contributed by atoms with Crippen molar-refractivity contribution in [2.24, 2.45) is 0 Å². The third-order valence-electron chi connectivity index (χ3n) is 4.76. The Bertz CT molecular complexity index is 983. The molecular formula is C20H18ClF3N4. The molecule has 146 valence electrons. The molecule has 2 N–H and O–H groups in total. The maximum atomic E-state index is 13.1. The number of nitrogens with one attached hydrogen (secondary N) is 2. The van der Waals surface area contributed by atoms with E-state index in [1.165, 1.54) is 12.3 Å². The van der Waals surface area contributed by atoms with Crippen LogP contribution < -0.4 is 15.5 Å². The van der Waals surface area contributed by atoms with Crippen molar-refractivity contribution >= 4 is 39.6 Å². The number of hydrogen-bond donors (Lipinski definition) is 2. The van der Waals surface area contributed by atoms with Gasteiger partial charge in [-0.1, -0.05) is 11.6 Å². The zero-order valence-corrected chi connectivity index (χ0v) is 15.6. The summed E-state index contributed by atoms with van der Waals surface area (Å²) in [5.41, 5.74) is 1.98. The molecule has 0 bridgehead atoms. The molecule has 0 amide bonds. The zero-order valence-electron chi connectivity index (χ0n) is 14.9. The van der Waals surface area contributed by atoms with Gasteiger partial charge in [-0.15, -0.1) is 0 Å². The Morgan fingerprint density at radius 1 is 1.04 bits per heavy atom. The molecule has 1 fully saturated rings. The van der Waals surface area contributed by atoms with Crippen molar-refractivity contribution in [2.45, 2.75) is 6.18 Å². The maximum Gasteiger partial charge on any atom is 0.417 e. The molecule has 2 heterocycles. The molecule has 0 atom stereocenters. The lowest BCUT2D eigenvalue weighted by Crippen LogP contribution is -2.43. The van der Waals surface area contributed by atoms with Crippen molar-refractivity contribution in [1.82, 2.24) is 10.3 Å². The van der Waals surface area contributed by atoms with E-state index in [9.17, 15) is 13.2 Å². The minimum atomic E-state index is -4.52. The standard InChI is InChI=1S/C20H18ClF3N4/c21-17-11-15-18(5-6-26-19(15)12-16(17)20(22,23)24)27-13-1-3-14(4-2-13)28-9-7-25-8-10-28/h1-6,11-12,25H,7-10H2,(H,26,27). The van der Waals surface area contributed by atoms with Gasteiger partial charge in [0.15, 0.2) is 0 Å². The average Bonchev–Trinajstić information content (AvgIpc) is 2.68. The highest BCUT2D eigenvalue weighted by atomic mass is 35.5. The van der Waals surface area contributed by atoms with E-state index in [-0.39, 0.29) is 10.5 Å². The largest absolute Gasteiger partial charge is 0.417 e. The molecule has 0 unspecified atom stereocenters. The van der Waals surface area contributed by atoms with E-state index in [0.29, 0.717) is 11.1 Å². The molecule has 0 radical (unpaired) electrons. The number of alkyl halides is 3. The molecule has 0 saturated carbocycles. The summed E-state index contributed by atoms with van der Waals surface area (Å²) < 4.78 is 39.2. The highest BCUT2D eigenvalue weighted by Gasteiger charge is 2.33. The molecule has 1 saturated heterocycles. The van der Waals surface area contributed by atoms with Gasteiger partial charge >= 0.3 is 6.18 Å². The molecule has 4 rings (SSSR count). The first-order valence-electron chi connectivity index (χ1n) is 8.90. The van der Waals surface area contributed by atoms with Crippen molar-refractivity contribution in [1.29, 1.82) is 0 Å². The van der Waals surface area contributed by atoms with Gasteiger partial charge in [-0.2, -0.15) is 13.2 Å². The van der Waals surface area contributed by atoms with Crippen molar-refractivity contribution in [2.75, 3.05) is 36.4 Å². The molecule has 1 aliphatic rings. The number of anilines is 3. The van der Waals surface area contributed by atoms with Crippen LogP contribution in [0.3, 0.4) is 0 Å². The van der Waals surface area contributed by atoms with Gasteiger partial charge in [-0.05, 0) is 42.5 Å². The first kappa shape index (κ1) is 18.8. The summed E-state index contributed by atoms with van der Waals surface area (Å²) in [4.78, 5) is 6.37. The van der Waals surface area contributed by atoms with Crippen LogP contribution in [0.25, 0.3) is 10.9 Å². The molecule has 28 heavy (non-hydrogen) atoms. The van der Waals surface area contributed by atoms with Crippen LogP contribution >= 0.6 is 11.6 Å². The fourth-order valence-corrected chi connectivity index (χ4v) is 3.60. The molecule has 1 aromatic heterocycles. The minimum absolute atomic E-state index is 0.235. The summed E-state index contributed by atoms with van der Waals surface area (Å²) in [7, 11) is 0. The van der Waals surface area contributed by atoms with Crippen molar-refractivity contribution in [3.8, 4) is 0 Å². The number of aromatic nitrogens is 1. The van der Waals surface area contributed by atoms with Gasteiger partial charge in [0.25, 0.3) is 0 Å². The van der Waals surface area contributed by atoms with Crippen molar-refractivity contribution < 1.29 is 13.2 Å². The third-order valence-corrected chi connectivity index (χ3v) is 5.08. The van der Waals surface area contributed by atoms with Crippen LogP contribution in [0, 0.1) is 0 Å². The average molecular weight is 407 g/mol. The van der Waals surface area contributed by atoms with Crippen LogP contribution in [0.15, 0.2) is 48.7 Å². The molecule has 2 aromatic carbocycles. The van der Waals surface area contributed by atoms with Gasteiger partial charge in [0.2, 0.25) is 0 Å². The predicted octanol–water partition coefficient (Wildman–Crippen LogP) is 5.06. The van der Waals surface area contributed by atoms with Crippen molar-refractivity contribution in [3.05, 3.63) is 59.2 Å². The van der Waals surface area contributed by atoms with Crippen LogP contribution in [-0.2, 0) is 6.18 Å². The normalized spacial score (nSPS) is 15.1. The summed E-state index contributed by atoms with van der Waals surface area (Å²) in [6.45, 7) is 3.84. The number of fused-ring (bicyclic) bond motifs is 1. The van der Waals surface area contributed by atoms with Crippen LogP contribution in [0.5, 0.6) is 0 Å². The number of nitrogens with zero attached hydrogens (tertiary/aromatic N) is 2. The van der Waals surface area contributed by atoms with E-state index in [4.69, 9.17) is 11.6 Å². The van der Waals surface area contributed by atoms with Gasteiger partial charge in [-0.3, -0.25) is 4.98 Å². The topological polar surface area (TPSA) is 40.2 Å². The Hall–Kier alpha value is -2.51. The third kappa shape index (κ3) is 3.86. The summed E-state index contributed by atoms with van der Waals surface area (Å²) in [5.74, 6) is 0. The van der Waals surface area contributed by atoms with Gasteiger partial charge in [0, 0.05) is 54.8 Å². The second-order valence-corrected chi connectivity index (χ2v) is 7.02. The summed E-state index contributed by atoms with van der Waals surface area (Å²) in [6.07, 6.45) is -3.04. The number of pyridine rings is 1. The molecule has 8 heteroatoms. The lowest BCUT2D eigenvalue weighted by molar-refractivity contribution is -0.137. The van der Waals surface area contributed by atoms with Crippen LogP contribution in [0.2, 0.25) is 5.02 Å². The summed E-state index contributed by atoms with van der Waals surface area (Å²) in [6, 6.07) is 12.0. The van der Waals surface area contributed by atoms with Gasteiger partial charge in [0.05, 0.1) is 16.1 Å². The van der Waals surface area contributed by atoms with E-state index >= 15 is 0 Å². The lowest BCUT2D eigenvalue weighted by Gasteiger charge is -2.29. The SMILES string of the molecule is FC(F)(F)c1cc2nccc(Nc3ccc(N4CCNCC4)cc3)c2cc1Cl. The van der Waals surface area contributed by atoms with E-state index in [2.05, 4.69) is 20.5 Å². The molecule has 0 spiro atoms. The number of hydrogen-bond acceptors (Lipinski definition) is 4. The second-order valence-electron chi connectivity index (χ2n) is 6.61. The fraction of sp³-hybridized carbons (Fsp3) is 0.250. The van der Waals surface area contributed by atoms with Gasteiger partial charge in [0.1, 0.15) is 0 Å².